The number of halogens is 2. The third-order valence-electron chi connectivity index (χ3n) is 2.95. The number of ether oxygens (including phenoxy) is 2. The Kier molecular flexibility index (Phi) is 5.99. The minimum atomic E-state index is -1.13. The first kappa shape index (κ1) is 16.8. The number of benzene rings is 1. The summed E-state index contributed by atoms with van der Waals surface area (Å²) in [6.07, 6.45) is 1.53. The van der Waals surface area contributed by atoms with Crippen LogP contribution in [0.1, 0.15) is 11.3 Å². The van der Waals surface area contributed by atoms with Crippen LogP contribution in [-0.4, -0.2) is 29.3 Å². The molecule has 1 aromatic carbocycles. The first-order valence-electron chi connectivity index (χ1n) is 6.86. The molecular formula is C16H15F2NO4. The van der Waals surface area contributed by atoms with Gasteiger partial charge >= 0.3 is 5.97 Å². The summed E-state index contributed by atoms with van der Waals surface area (Å²) in [5, 5.41) is 8.41. The quantitative estimate of drug-likeness (QED) is 0.756. The predicted octanol–water partition coefficient (Wildman–Crippen LogP) is 2.58. The van der Waals surface area contributed by atoms with E-state index in [1.54, 1.807) is 24.4 Å². The topological polar surface area (TPSA) is 68.7 Å². The highest BCUT2D eigenvalue weighted by Crippen LogP contribution is 2.22. The Morgan fingerprint density at radius 2 is 1.96 bits per heavy atom. The van der Waals surface area contributed by atoms with Crippen molar-refractivity contribution in [2.45, 2.75) is 13.0 Å². The van der Waals surface area contributed by atoms with Crippen molar-refractivity contribution >= 4 is 5.97 Å². The number of carboxylic acids is 1. The van der Waals surface area contributed by atoms with Crippen LogP contribution in [0.5, 0.6) is 5.75 Å². The van der Waals surface area contributed by atoms with Gasteiger partial charge < -0.3 is 14.6 Å². The molecule has 0 saturated heterocycles. The highest BCUT2D eigenvalue weighted by Gasteiger charge is 2.12. The average Bonchev–Trinajstić information content (AvgIpc) is 2.52. The molecular weight excluding hydrogens is 308 g/mol. The summed E-state index contributed by atoms with van der Waals surface area (Å²) in [6, 6.07) is 7.44. The van der Waals surface area contributed by atoms with Gasteiger partial charge in [-0.25, -0.2) is 13.6 Å². The van der Waals surface area contributed by atoms with Crippen molar-refractivity contribution in [3.63, 3.8) is 0 Å². The van der Waals surface area contributed by atoms with Crippen LogP contribution in [0.25, 0.3) is 0 Å². The molecule has 0 amide bonds. The van der Waals surface area contributed by atoms with Crippen LogP contribution < -0.4 is 4.74 Å². The van der Waals surface area contributed by atoms with Gasteiger partial charge in [0.25, 0.3) is 0 Å². The fourth-order valence-electron chi connectivity index (χ4n) is 1.88. The number of nitrogens with zero attached hydrogens (tertiary/aromatic N) is 1. The Balaban J connectivity index is 1.95. The molecule has 23 heavy (non-hydrogen) atoms. The summed E-state index contributed by atoms with van der Waals surface area (Å²) in [5.41, 5.74) is 0.472. The molecule has 5 nitrogen and oxygen atoms in total. The normalized spacial score (nSPS) is 10.5. The van der Waals surface area contributed by atoms with Crippen LogP contribution in [0.3, 0.4) is 0 Å². The number of hydrogen-bond acceptors (Lipinski definition) is 4. The summed E-state index contributed by atoms with van der Waals surface area (Å²) < 4.78 is 37.9. The van der Waals surface area contributed by atoms with Crippen LogP contribution >= 0.6 is 0 Å². The highest BCUT2D eigenvalue weighted by molar-refractivity contribution is 5.67. The Hall–Kier alpha value is -2.54. The number of aliphatic carboxylic acids is 1. The van der Waals surface area contributed by atoms with E-state index >= 15 is 0 Å². The van der Waals surface area contributed by atoms with Gasteiger partial charge in [-0.15, -0.1) is 0 Å². The van der Waals surface area contributed by atoms with Gasteiger partial charge in [-0.2, -0.15) is 0 Å². The second kappa shape index (κ2) is 8.19. The second-order valence-electron chi connectivity index (χ2n) is 4.67. The largest absolute Gasteiger partial charge is 0.487 e. The molecule has 1 aromatic heterocycles. The molecule has 0 radical (unpaired) electrons. The molecule has 0 aliphatic rings. The van der Waals surface area contributed by atoms with E-state index < -0.39 is 24.2 Å². The Bertz CT molecular complexity index is 641. The van der Waals surface area contributed by atoms with Crippen molar-refractivity contribution in [1.29, 1.82) is 0 Å². The number of aromatic nitrogens is 1. The molecule has 0 fully saturated rings. The average molecular weight is 323 g/mol. The van der Waals surface area contributed by atoms with Gasteiger partial charge in [-0.1, -0.05) is 6.07 Å². The monoisotopic (exact) mass is 323 g/mol. The molecule has 7 heteroatoms. The Morgan fingerprint density at radius 3 is 2.57 bits per heavy atom. The van der Waals surface area contributed by atoms with Crippen LogP contribution in [0, 0.1) is 11.6 Å². The molecule has 0 spiro atoms. The minimum Gasteiger partial charge on any atom is -0.487 e. The maximum absolute atomic E-state index is 13.9. The van der Waals surface area contributed by atoms with Crippen molar-refractivity contribution in [2.24, 2.45) is 0 Å². The smallest absolute Gasteiger partial charge is 0.329 e. The van der Waals surface area contributed by atoms with Crippen molar-refractivity contribution in [3.05, 3.63) is 59.4 Å². The molecule has 0 unspecified atom stereocenters. The zero-order chi connectivity index (χ0) is 16.7. The van der Waals surface area contributed by atoms with Gasteiger partial charge in [0.1, 0.15) is 30.6 Å². The molecule has 0 aliphatic heterocycles. The standard InChI is InChI=1S/C16H15F2NO4/c17-14-7-12(23-9-11-3-1-2-5-19-11)8-15(18)13(14)4-6-22-10-16(20)21/h1-3,5,7-8H,4,6,9-10H2,(H,20,21). The van der Waals surface area contributed by atoms with E-state index in [-0.39, 0.29) is 30.9 Å². The van der Waals surface area contributed by atoms with E-state index in [4.69, 9.17) is 14.6 Å². The fraction of sp³-hybridized carbons (Fsp3) is 0.250. The molecule has 0 atom stereocenters. The van der Waals surface area contributed by atoms with Gasteiger partial charge in [0, 0.05) is 30.3 Å². The minimum absolute atomic E-state index is 0.0563. The summed E-state index contributed by atoms with van der Waals surface area (Å²) in [6.45, 7) is -0.496. The van der Waals surface area contributed by atoms with Crippen LogP contribution in [-0.2, 0) is 22.6 Å². The molecule has 0 bridgehead atoms. The molecule has 2 aromatic rings. The maximum atomic E-state index is 13.9. The summed E-state index contributed by atoms with van der Waals surface area (Å²) >= 11 is 0. The maximum Gasteiger partial charge on any atom is 0.329 e. The first-order valence-corrected chi connectivity index (χ1v) is 6.86. The Morgan fingerprint density at radius 1 is 1.22 bits per heavy atom. The van der Waals surface area contributed by atoms with E-state index in [1.165, 1.54) is 0 Å². The van der Waals surface area contributed by atoms with Crippen molar-refractivity contribution in [2.75, 3.05) is 13.2 Å². The van der Waals surface area contributed by atoms with Crippen LogP contribution in [0.2, 0.25) is 0 Å². The molecule has 2 rings (SSSR count). The number of carbonyl (C=O) groups is 1. The number of rotatable bonds is 8. The van der Waals surface area contributed by atoms with Gasteiger partial charge in [0.05, 0.1) is 12.3 Å². The fourth-order valence-corrected chi connectivity index (χ4v) is 1.88. The van der Waals surface area contributed by atoms with Crippen LogP contribution in [0.15, 0.2) is 36.5 Å². The van der Waals surface area contributed by atoms with Gasteiger partial charge in [-0.3, -0.25) is 4.98 Å². The lowest BCUT2D eigenvalue weighted by Crippen LogP contribution is -2.10. The number of hydrogen-bond donors (Lipinski definition) is 1. The van der Waals surface area contributed by atoms with Gasteiger partial charge in [-0.05, 0) is 12.1 Å². The van der Waals surface area contributed by atoms with E-state index in [1.807, 2.05) is 0 Å². The zero-order valence-corrected chi connectivity index (χ0v) is 12.2. The summed E-state index contributed by atoms with van der Waals surface area (Å²) in [5.74, 6) is -2.61. The van der Waals surface area contributed by atoms with Gasteiger partial charge in [0.15, 0.2) is 0 Å². The molecule has 0 saturated carbocycles. The number of pyridine rings is 1. The lowest BCUT2D eigenvalue weighted by molar-refractivity contribution is -0.142. The van der Waals surface area contributed by atoms with Gasteiger partial charge in [0.2, 0.25) is 0 Å². The SMILES string of the molecule is O=C(O)COCCc1c(F)cc(OCc2ccccn2)cc1F. The van der Waals surface area contributed by atoms with Crippen molar-refractivity contribution in [3.8, 4) is 5.75 Å². The predicted molar refractivity (Wildman–Crippen MR) is 77.1 cm³/mol. The molecule has 1 heterocycles. The van der Waals surface area contributed by atoms with E-state index in [0.717, 1.165) is 12.1 Å². The third kappa shape index (κ3) is 5.30. The molecule has 0 aliphatic carbocycles. The highest BCUT2D eigenvalue weighted by atomic mass is 19.1. The van der Waals surface area contributed by atoms with E-state index in [9.17, 15) is 13.6 Å². The molecule has 122 valence electrons. The number of carboxylic acid groups (broad SMARTS) is 1. The van der Waals surface area contributed by atoms with E-state index in [0.29, 0.717) is 5.69 Å². The molecule has 1 N–H and O–H groups in total. The first-order chi connectivity index (χ1) is 11.1. The lowest BCUT2D eigenvalue weighted by atomic mass is 10.1. The summed E-state index contributed by atoms with van der Waals surface area (Å²) in [4.78, 5) is 14.3. The van der Waals surface area contributed by atoms with Crippen molar-refractivity contribution < 1.29 is 28.2 Å². The summed E-state index contributed by atoms with van der Waals surface area (Å²) in [7, 11) is 0. The second-order valence-corrected chi connectivity index (χ2v) is 4.67. The van der Waals surface area contributed by atoms with E-state index in [2.05, 4.69) is 4.98 Å². The van der Waals surface area contributed by atoms with Crippen molar-refractivity contribution in [1.82, 2.24) is 4.98 Å². The third-order valence-corrected chi connectivity index (χ3v) is 2.95. The zero-order valence-electron chi connectivity index (χ0n) is 12.2. The lowest BCUT2D eigenvalue weighted by Gasteiger charge is -2.10. The van der Waals surface area contributed by atoms with Crippen LogP contribution in [0.4, 0.5) is 8.78 Å². The Labute approximate surface area is 131 Å².